The quantitative estimate of drug-likeness (QED) is 0.783. The number of benzene rings is 2. The molecule has 0 aromatic heterocycles. The van der Waals surface area contributed by atoms with Gasteiger partial charge in [0, 0.05) is 11.3 Å². The number of thiocarbonyl (C=S) groups is 1. The van der Waals surface area contributed by atoms with E-state index in [9.17, 15) is 4.39 Å². The summed E-state index contributed by atoms with van der Waals surface area (Å²) in [5.41, 5.74) is 3.51. The molecule has 0 saturated heterocycles. The van der Waals surface area contributed by atoms with E-state index < -0.39 is 5.60 Å². The van der Waals surface area contributed by atoms with Crippen LogP contribution in [0.3, 0.4) is 0 Å². The summed E-state index contributed by atoms with van der Waals surface area (Å²) in [7, 11) is 0. The minimum Gasteiger partial charge on any atom is -0.460 e. The topological polar surface area (TPSA) is 21.3 Å². The highest BCUT2D eigenvalue weighted by atomic mass is 32.1. The number of rotatable bonds is 1. The smallest absolute Gasteiger partial charge is 0.262 e. The molecule has 0 spiro atoms. The normalized spacial score (nSPS) is 16.1. The van der Waals surface area contributed by atoms with Crippen LogP contribution in [-0.4, -0.2) is 5.17 Å². The van der Waals surface area contributed by atoms with Gasteiger partial charge in [-0.15, -0.1) is 0 Å². The highest BCUT2D eigenvalue weighted by molar-refractivity contribution is 7.80. The second-order valence-electron chi connectivity index (χ2n) is 5.29. The van der Waals surface area contributed by atoms with Crippen LogP contribution in [0.5, 0.6) is 0 Å². The predicted octanol–water partition coefficient (Wildman–Crippen LogP) is 4.45. The van der Waals surface area contributed by atoms with Crippen molar-refractivity contribution in [3.8, 4) is 11.1 Å². The first kappa shape index (κ1) is 13.1. The Labute approximate surface area is 122 Å². The van der Waals surface area contributed by atoms with E-state index in [0.29, 0.717) is 5.17 Å². The van der Waals surface area contributed by atoms with Gasteiger partial charge in [-0.25, -0.2) is 4.39 Å². The zero-order chi connectivity index (χ0) is 14.3. The molecule has 3 rings (SSSR count). The van der Waals surface area contributed by atoms with Crippen molar-refractivity contribution < 1.29 is 9.13 Å². The molecule has 2 aromatic rings. The molecule has 4 heteroatoms. The summed E-state index contributed by atoms with van der Waals surface area (Å²) in [6, 6.07) is 12.5. The number of hydrogen-bond acceptors (Lipinski definition) is 2. The average Bonchev–Trinajstić information content (AvgIpc) is 2.38. The molecule has 1 aliphatic rings. The molecular weight excluding hydrogens is 273 g/mol. The van der Waals surface area contributed by atoms with E-state index in [4.69, 9.17) is 17.0 Å². The van der Waals surface area contributed by atoms with Crippen LogP contribution >= 0.6 is 12.2 Å². The fourth-order valence-corrected chi connectivity index (χ4v) is 2.71. The maximum absolute atomic E-state index is 13.0. The van der Waals surface area contributed by atoms with Gasteiger partial charge in [0.1, 0.15) is 11.4 Å². The molecule has 0 saturated carbocycles. The Hall–Kier alpha value is -1.94. The Morgan fingerprint density at radius 3 is 2.40 bits per heavy atom. The van der Waals surface area contributed by atoms with E-state index in [1.54, 1.807) is 12.1 Å². The van der Waals surface area contributed by atoms with Crippen LogP contribution in [0, 0.1) is 5.82 Å². The molecule has 102 valence electrons. The summed E-state index contributed by atoms with van der Waals surface area (Å²) in [6.07, 6.45) is 0. The fourth-order valence-electron chi connectivity index (χ4n) is 2.40. The van der Waals surface area contributed by atoms with Gasteiger partial charge >= 0.3 is 0 Å². The third-order valence-corrected chi connectivity index (χ3v) is 3.62. The number of nitrogens with one attached hydrogen (secondary N) is 1. The van der Waals surface area contributed by atoms with Gasteiger partial charge < -0.3 is 10.1 Å². The van der Waals surface area contributed by atoms with Crippen molar-refractivity contribution in [2.24, 2.45) is 0 Å². The standard InChI is InChI=1S/C16H14FNOS/c1-16(2)13-9-11(10-3-6-12(17)7-4-10)5-8-14(13)18-15(20)19-16/h3-9H,1-2H3,(H,18,20). The van der Waals surface area contributed by atoms with Crippen LogP contribution in [0.25, 0.3) is 11.1 Å². The summed E-state index contributed by atoms with van der Waals surface area (Å²) in [4.78, 5) is 0. The highest BCUT2D eigenvalue weighted by Gasteiger charge is 2.31. The molecule has 0 aliphatic carbocycles. The number of anilines is 1. The highest BCUT2D eigenvalue weighted by Crippen LogP contribution is 2.38. The predicted molar refractivity (Wildman–Crippen MR) is 82.2 cm³/mol. The fraction of sp³-hybridized carbons (Fsp3) is 0.188. The monoisotopic (exact) mass is 287 g/mol. The van der Waals surface area contributed by atoms with E-state index in [1.807, 2.05) is 26.0 Å². The molecule has 1 heterocycles. The largest absolute Gasteiger partial charge is 0.460 e. The number of fused-ring (bicyclic) bond motifs is 1. The van der Waals surface area contributed by atoms with Gasteiger partial charge in [-0.1, -0.05) is 18.2 Å². The molecule has 0 atom stereocenters. The van der Waals surface area contributed by atoms with E-state index in [0.717, 1.165) is 22.4 Å². The van der Waals surface area contributed by atoms with Crippen LogP contribution < -0.4 is 5.32 Å². The van der Waals surface area contributed by atoms with E-state index in [2.05, 4.69) is 11.4 Å². The Balaban J connectivity index is 2.09. The second-order valence-corrected chi connectivity index (χ2v) is 5.66. The Morgan fingerprint density at radius 1 is 1.05 bits per heavy atom. The van der Waals surface area contributed by atoms with Crippen molar-refractivity contribution in [3.63, 3.8) is 0 Å². The van der Waals surface area contributed by atoms with Gasteiger partial charge in [0.2, 0.25) is 0 Å². The van der Waals surface area contributed by atoms with Gasteiger partial charge in [0.05, 0.1) is 0 Å². The summed E-state index contributed by atoms with van der Waals surface area (Å²) < 4.78 is 18.7. The van der Waals surface area contributed by atoms with Crippen LogP contribution in [-0.2, 0) is 10.3 Å². The lowest BCUT2D eigenvalue weighted by molar-refractivity contribution is 0.0947. The van der Waals surface area contributed by atoms with Gasteiger partial charge in [-0.05, 0) is 61.5 Å². The molecule has 0 fully saturated rings. The molecule has 1 aliphatic heterocycles. The maximum atomic E-state index is 13.0. The van der Waals surface area contributed by atoms with E-state index in [1.165, 1.54) is 12.1 Å². The lowest BCUT2D eigenvalue weighted by atomic mass is 9.91. The third kappa shape index (κ3) is 2.27. The minimum atomic E-state index is -0.478. The van der Waals surface area contributed by atoms with Crippen molar-refractivity contribution >= 4 is 23.1 Å². The molecule has 2 nitrogen and oxygen atoms in total. The lowest BCUT2D eigenvalue weighted by Crippen LogP contribution is -2.34. The van der Waals surface area contributed by atoms with Crippen molar-refractivity contribution in [2.45, 2.75) is 19.4 Å². The summed E-state index contributed by atoms with van der Waals surface area (Å²) >= 11 is 5.10. The minimum absolute atomic E-state index is 0.234. The first-order chi connectivity index (χ1) is 9.45. The van der Waals surface area contributed by atoms with Crippen LogP contribution in [0.1, 0.15) is 19.4 Å². The van der Waals surface area contributed by atoms with Gasteiger partial charge in [-0.3, -0.25) is 0 Å². The molecule has 0 amide bonds. The Morgan fingerprint density at radius 2 is 1.70 bits per heavy atom. The zero-order valence-corrected chi connectivity index (χ0v) is 12.1. The molecule has 20 heavy (non-hydrogen) atoms. The van der Waals surface area contributed by atoms with Crippen LogP contribution in [0.15, 0.2) is 42.5 Å². The lowest BCUT2D eigenvalue weighted by Gasteiger charge is -2.34. The van der Waals surface area contributed by atoms with Gasteiger partial charge in [0.15, 0.2) is 0 Å². The molecule has 0 bridgehead atoms. The maximum Gasteiger partial charge on any atom is 0.262 e. The summed E-state index contributed by atoms with van der Waals surface area (Å²) in [6.45, 7) is 3.96. The van der Waals surface area contributed by atoms with Crippen molar-refractivity contribution in [1.82, 2.24) is 0 Å². The first-order valence-corrected chi connectivity index (χ1v) is 6.77. The zero-order valence-electron chi connectivity index (χ0n) is 11.2. The van der Waals surface area contributed by atoms with Gasteiger partial charge in [0.25, 0.3) is 5.17 Å². The van der Waals surface area contributed by atoms with Gasteiger partial charge in [-0.2, -0.15) is 0 Å². The van der Waals surface area contributed by atoms with Crippen LogP contribution in [0.2, 0.25) is 0 Å². The average molecular weight is 287 g/mol. The molecule has 0 radical (unpaired) electrons. The van der Waals surface area contributed by atoms with Crippen molar-refractivity contribution in [3.05, 3.63) is 53.8 Å². The molecule has 2 aromatic carbocycles. The molecule has 0 unspecified atom stereocenters. The first-order valence-electron chi connectivity index (χ1n) is 6.36. The number of hydrogen-bond donors (Lipinski definition) is 1. The summed E-state index contributed by atoms with van der Waals surface area (Å²) in [5, 5.41) is 3.44. The van der Waals surface area contributed by atoms with Crippen molar-refractivity contribution in [2.75, 3.05) is 5.32 Å². The van der Waals surface area contributed by atoms with E-state index >= 15 is 0 Å². The second kappa shape index (κ2) is 4.56. The SMILES string of the molecule is CC1(C)OC(=S)Nc2ccc(-c3ccc(F)cc3)cc21. The molecular formula is C16H14FNOS. The van der Waals surface area contributed by atoms with Crippen LogP contribution in [0.4, 0.5) is 10.1 Å². The molecule has 1 N–H and O–H groups in total. The third-order valence-electron chi connectivity index (χ3n) is 3.43. The number of halogens is 1. The Kier molecular flexibility index (Phi) is 2.98. The van der Waals surface area contributed by atoms with E-state index in [-0.39, 0.29) is 5.82 Å². The Bertz CT molecular complexity index is 679. The number of ether oxygens (including phenoxy) is 1. The summed E-state index contributed by atoms with van der Waals surface area (Å²) in [5.74, 6) is -0.234. The van der Waals surface area contributed by atoms with Crippen molar-refractivity contribution in [1.29, 1.82) is 0 Å².